The minimum absolute atomic E-state index is 0.0238. The molecule has 1 atom stereocenters. The lowest BCUT2D eigenvalue weighted by Gasteiger charge is -2.12. The van der Waals surface area contributed by atoms with Gasteiger partial charge < -0.3 is 14.2 Å². The minimum Gasteiger partial charge on any atom is -0.454 e. The van der Waals surface area contributed by atoms with Crippen LogP contribution in [-0.4, -0.2) is 29.6 Å². The Kier molecular flexibility index (Phi) is 5.22. The second kappa shape index (κ2) is 7.98. The van der Waals surface area contributed by atoms with Crippen LogP contribution < -0.4 is 9.47 Å². The van der Waals surface area contributed by atoms with E-state index in [1.165, 1.54) is 30.7 Å². The highest BCUT2D eigenvalue weighted by Crippen LogP contribution is 2.38. The number of ether oxygens (including phenoxy) is 3. The summed E-state index contributed by atoms with van der Waals surface area (Å²) in [5.74, 6) is -0.437. The van der Waals surface area contributed by atoms with E-state index in [-0.39, 0.29) is 29.6 Å². The summed E-state index contributed by atoms with van der Waals surface area (Å²) in [6.07, 6.45) is 4.38. The Labute approximate surface area is 172 Å². The largest absolute Gasteiger partial charge is 0.454 e. The van der Waals surface area contributed by atoms with Gasteiger partial charge in [-0.05, 0) is 55.5 Å². The van der Waals surface area contributed by atoms with Crippen LogP contribution in [0.2, 0.25) is 0 Å². The maximum absolute atomic E-state index is 12.6. The first-order valence-electron chi connectivity index (χ1n) is 9.55. The van der Waals surface area contributed by atoms with E-state index < -0.39 is 17.0 Å². The molecule has 0 bridgehead atoms. The van der Waals surface area contributed by atoms with Crippen molar-refractivity contribution < 1.29 is 28.7 Å². The molecule has 1 aliphatic heterocycles. The number of nitrogens with zero attached hydrogens (tertiary/aromatic N) is 1. The molecule has 1 heterocycles. The number of carbonyl (C=O) groups excluding carboxylic acids is 2. The van der Waals surface area contributed by atoms with E-state index in [4.69, 9.17) is 14.2 Å². The Morgan fingerprint density at radius 2 is 1.87 bits per heavy atom. The fraction of sp³-hybridized carbons (Fsp3) is 0.273. The zero-order chi connectivity index (χ0) is 21.3. The van der Waals surface area contributed by atoms with E-state index >= 15 is 0 Å². The first kappa shape index (κ1) is 19.6. The van der Waals surface area contributed by atoms with Gasteiger partial charge in [-0.3, -0.25) is 14.9 Å². The molecule has 8 nitrogen and oxygen atoms in total. The van der Waals surface area contributed by atoms with Crippen LogP contribution in [0, 0.1) is 10.1 Å². The second-order valence-electron chi connectivity index (χ2n) is 7.14. The Bertz CT molecular complexity index is 1070. The summed E-state index contributed by atoms with van der Waals surface area (Å²) in [6.45, 7) is 1.48. The van der Waals surface area contributed by atoms with Gasteiger partial charge in [-0.1, -0.05) is 12.1 Å². The molecule has 2 aliphatic rings. The Morgan fingerprint density at radius 3 is 2.63 bits per heavy atom. The average molecular weight is 409 g/mol. The monoisotopic (exact) mass is 409 g/mol. The van der Waals surface area contributed by atoms with Gasteiger partial charge in [-0.15, -0.1) is 0 Å². The van der Waals surface area contributed by atoms with E-state index in [2.05, 4.69) is 0 Å². The number of nitro groups is 1. The maximum atomic E-state index is 12.6. The molecule has 0 saturated heterocycles. The van der Waals surface area contributed by atoms with Crippen LogP contribution in [0.4, 0.5) is 5.69 Å². The molecule has 0 aromatic heterocycles. The van der Waals surface area contributed by atoms with Crippen molar-refractivity contribution in [3.8, 4) is 11.5 Å². The molecule has 0 amide bonds. The summed E-state index contributed by atoms with van der Waals surface area (Å²) in [5, 5.41) is 11.3. The van der Waals surface area contributed by atoms with Gasteiger partial charge in [0.1, 0.15) is 0 Å². The summed E-state index contributed by atoms with van der Waals surface area (Å²) in [6, 6.07) is 8.23. The number of esters is 1. The molecule has 154 valence electrons. The van der Waals surface area contributed by atoms with Crippen molar-refractivity contribution in [3.05, 3.63) is 68.8 Å². The standard InChI is InChI=1S/C22H19NO7/c1-13(22(25)17-6-5-14-3-2-4-15(14)9-17)30-21(24)8-7-16-10-19-20(29-12-28-19)11-18(16)23(26)27/h5-11,13H,2-4,12H2,1H3/b8-7+/t13-/m0/s1. The summed E-state index contributed by atoms with van der Waals surface area (Å²) >= 11 is 0. The molecular weight excluding hydrogens is 390 g/mol. The number of Topliss-reactive ketones (excluding diaryl/α,β-unsaturated/α-hetero) is 1. The number of nitro benzene ring substituents is 1. The van der Waals surface area contributed by atoms with Crippen LogP contribution in [0.1, 0.15) is 40.4 Å². The molecular formula is C22H19NO7. The van der Waals surface area contributed by atoms with Crippen LogP contribution in [-0.2, 0) is 22.4 Å². The molecule has 1 aliphatic carbocycles. The Hall–Kier alpha value is -3.68. The summed E-state index contributed by atoms with van der Waals surface area (Å²) in [4.78, 5) is 35.5. The molecule has 4 rings (SSSR count). The van der Waals surface area contributed by atoms with Gasteiger partial charge in [0.25, 0.3) is 5.69 Å². The third kappa shape index (κ3) is 3.89. The van der Waals surface area contributed by atoms with Gasteiger partial charge >= 0.3 is 5.97 Å². The molecule has 0 unspecified atom stereocenters. The van der Waals surface area contributed by atoms with Crippen LogP contribution in [0.25, 0.3) is 6.08 Å². The highest BCUT2D eigenvalue weighted by molar-refractivity contribution is 6.01. The number of fused-ring (bicyclic) bond motifs is 2. The molecule has 0 radical (unpaired) electrons. The van der Waals surface area contributed by atoms with E-state index in [0.29, 0.717) is 11.3 Å². The fourth-order valence-electron chi connectivity index (χ4n) is 3.62. The summed E-state index contributed by atoms with van der Waals surface area (Å²) in [7, 11) is 0. The number of carbonyl (C=O) groups is 2. The number of ketones is 1. The molecule has 8 heteroatoms. The quantitative estimate of drug-likeness (QED) is 0.236. The SMILES string of the molecule is C[C@H](OC(=O)/C=C/c1cc2c(cc1[N+](=O)[O-])OCO2)C(=O)c1ccc2c(c1)CCC2. The number of hydrogen-bond donors (Lipinski definition) is 0. The lowest BCUT2D eigenvalue weighted by molar-refractivity contribution is -0.385. The van der Waals surface area contributed by atoms with Crippen LogP contribution >= 0.6 is 0 Å². The van der Waals surface area contributed by atoms with Gasteiger partial charge in [0.05, 0.1) is 16.6 Å². The Balaban J connectivity index is 1.45. The molecule has 30 heavy (non-hydrogen) atoms. The average Bonchev–Trinajstić information content (AvgIpc) is 3.38. The van der Waals surface area contributed by atoms with E-state index in [9.17, 15) is 19.7 Å². The number of benzene rings is 2. The third-order valence-corrected chi connectivity index (χ3v) is 5.16. The van der Waals surface area contributed by atoms with Gasteiger partial charge in [-0.2, -0.15) is 0 Å². The van der Waals surface area contributed by atoms with Crippen molar-refractivity contribution in [3.63, 3.8) is 0 Å². The van der Waals surface area contributed by atoms with Crippen LogP contribution in [0.5, 0.6) is 11.5 Å². The zero-order valence-corrected chi connectivity index (χ0v) is 16.3. The lowest BCUT2D eigenvalue weighted by Crippen LogP contribution is -2.23. The lowest BCUT2D eigenvalue weighted by atomic mass is 10.0. The highest BCUT2D eigenvalue weighted by atomic mass is 16.7. The predicted molar refractivity (Wildman–Crippen MR) is 107 cm³/mol. The van der Waals surface area contributed by atoms with Crippen LogP contribution in [0.15, 0.2) is 36.4 Å². The van der Waals surface area contributed by atoms with Crippen LogP contribution in [0.3, 0.4) is 0 Å². The van der Waals surface area contributed by atoms with Crippen molar-refractivity contribution in [2.45, 2.75) is 32.3 Å². The first-order chi connectivity index (χ1) is 14.4. The number of rotatable bonds is 6. The van der Waals surface area contributed by atoms with Crippen molar-refractivity contribution >= 4 is 23.5 Å². The van der Waals surface area contributed by atoms with E-state index in [1.807, 2.05) is 12.1 Å². The zero-order valence-electron chi connectivity index (χ0n) is 16.3. The second-order valence-corrected chi connectivity index (χ2v) is 7.14. The van der Waals surface area contributed by atoms with E-state index in [1.54, 1.807) is 6.07 Å². The minimum atomic E-state index is -0.978. The molecule has 0 saturated carbocycles. The van der Waals surface area contributed by atoms with Gasteiger partial charge in [0.15, 0.2) is 17.6 Å². The third-order valence-electron chi connectivity index (χ3n) is 5.16. The van der Waals surface area contributed by atoms with Gasteiger partial charge in [-0.25, -0.2) is 4.79 Å². The van der Waals surface area contributed by atoms with E-state index in [0.717, 1.165) is 30.9 Å². The van der Waals surface area contributed by atoms with Gasteiger partial charge in [0, 0.05) is 11.6 Å². The normalized spacial score (nSPS) is 15.1. The first-order valence-corrected chi connectivity index (χ1v) is 9.55. The summed E-state index contributed by atoms with van der Waals surface area (Å²) < 4.78 is 15.6. The number of hydrogen-bond acceptors (Lipinski definition) is 7. The molecule has 0 N–H and O–H groups in total. The molecule has 0 fully saturated rings. The van der Waals surface area contributed by atoms with Gasteiger partial charge in [0.2, 0.25) is 12.6 Å². The van der Waals surface area contributed by atoms with Crippen molar-refractivity contribution in [2.24, 2.45) is 0 Å². The number of aryl methyl sites for hydroxylation is 2. The van der Waals surface area contributed by atoms with Crippen molar-refractivity contribution in [1.82, 2.24) is 0 Å². The molecule has 2 aromatic rings. The maximum Gasteiger partial charge on any atom is 0.331 e. The topological polar surface area (TPSA) is 105 Å². The smallest absolute Gasteiger partial charge is 0.331 e. The fourth-order valence-corrected chi connectivity index (χ4v) is 3.62. The predicted octanol–water partition coefficient (Wildman–Crippen LogP) is 3.64. The molecule has 0 spiro atoms. The summed E-state index contributed by atoms with van der Waals surface area (Å²) in [5.41, 5.74) is 2.86. The van der Waals surface area contributed by atoms with Crippen molar-refractivity contribution in [1.29, 1.82) is 0 Å². The highest BCUT2D eigenvalue weighted by Gasteiger charge is 2.23. The molecule has 2 aromatic carbocycles. The Morgan fingerprint density at radius 1 is 1.13 bits per heavy atom. The van der Waals surface area contributed by atoms with Crippen molar-refractivity contribution in [2.75, 3.05) is 6.79 Å².